The van der Waals surface area contributed by atoms with E-state index < -0.39 is 11.7 Å². The number of halogens is 3. The summed E-state index contributed by atoms with van der Waals surface area (Å²) in [5, 5.41) is 9.43. The molecule has 1 amide bonds. The van der Waals surface area contributed by atoms with Crippen molar-refractivity contribution in [2.75, 3.05) is 0 Å². The van der Waals surface area contributed by atoms with Gasteiger partial charge in [-0.2, -0.15) is 18.3 Å². The molecule has 3 aromatic rings. The zero-order valence-corrected chi connectivity index (χ0v) is 13.9. The summed E-state index contributed by atoms with van der Waals surface area (Å²) in [6.07, 6.45) is -2.95. The molecule has 0 atom stereocenters. The molecule has 4 nitrogen and oxygen atoms in total. The standard InChI is InChI=1S/C19H16F3N3O/c1-12-2-6-14(7-3-12)17-16(11-24-25-17)18(26)23-10-13-4-8-15(9-5-13)19(20,21)22/h2-9,11H,10H2,1H3,(H,23,26)(H,24,25). The van der Waals surface area contributed by atoms with E-state index in [1.54, 1.807) is 0 Å². The van der Waals surface area contributed by atoms with Gasteiger partial charge < -0.3 is 5.32 Å². The highest BCUT2D eigenvalue weighted by molar-refractivity contribution is 5.99. The highest BCUT2D eigenvalue weighted by Gasteiger charge is 2.29. The smallest absolute Gasteiger partial charge is 0.348 e. The number of carbonyl (C=O) groups is 1. The first-order valence-corrected chi connectivity index (χ1v) is 7.89. The zero-order valence-electron chi connectivity index (χ0n) is 13.9. The predicted octanol–water partition coefficient (Wildman–Crippen LogP) is 4.33. The quantitative estimate of drug-likeness (QED) is 0.728. The Morgan fingerprint density at radius 2 is 1.73 bits per heavy atom. The van der Waals surface area contributed by atoms with Gasteiger partial charge in [0.25, 0.3) is 5.91 Å². The molecule has 1 heterocycles. The molecule has 3 rings (SSSR count). The van der Waals surface area contributed by atoms with Crippen LogP contribution in [0.3, 0.4) is 0 Å². The molecule has 0 aliphatic carbocycles. The van der Waals surface area contributed by atoms with Crippen molar-refractivity contribution in [2.24, 2.45) is 0 Å². The first kappa shape index (κ1) is 17.7. The molecule has 0 aliphatic heterocycles. The van der Waals surface area contributed by atoms with Gasteiger partial charge >= 0.3 is 6.18 Å². The third-order valence-electron chi connectivity index (χ3n) is 3.96. The highest BCUT2D eigenvalue weighted by Crippen LogP contribution is 2.29. The average Bonchev–Trinajstić information content (AvgIpc) is 3.10. The van der Waals surface area contributed by atoms with Gasteiger partial charge in [0.15, 0.2) is 0 Å². The number of benzene rings is 2. The minimum atomic E-state index is -4.37. The van der Waals surface area contributed by atoms with E-state index in [0.29, 0.717) is 16.8 Å². The number of nitrogens with zero attached hydrogens (tertiary/aromatic N) is 1. The van der Waals surface area contributed by atoms with Gasteiger partial charge in [0.2, 0.25) is 0 Å². The maximum atomic E-state index is 12.6. The molecule has 0 spiro atoms. The molecule has 7 heteroatoms. The monoisotopic (exact) mass is 359 g/mol. The fourth-order valence-electron chi connectivity index (χ4n) is 2.49. The Balaban J connectivity index is 1.70. The summed E-state index contributed by atoms with van der Waals surface area (Å²) >= 11 is 0. The van der Waals surface area contributed by atoms with Crippen LogP contribution in [0.25, 0.3) is 11.3 Å². The van der Waals surface area contributed by atoms with Gasteiger partial charge in [-0.1, -0.05) is 42.0 Å². The molecule has 0 fully saturated rings. The van der Waals surface area contributed by atoms with Crippen molar-refractivity contribution in [1.29, 1.82) is 0 Å². The summed E-state index contributed by atoms with van der Waals surface area (Å²) < 4.78 is 37.7. The van der Waals surface area contributed by atoms with Gasteiger partial charge in [0.05, 0.1) is 23.0 Å². The van der Waals surface area contributed by atoms with Crippen molar-refractivity contribution in [3.05, 3.63) is 77.0 Å². The number of aromatic nitrogens is 2. The molecule has 26 heavy (non-hydrogen) atoms. The van der Waals surface area contributed by atoms with Crippen LogP contribution < -0.4 is 5.32 Å². The third kappa shape index (κ3) is 3.93. The fraction of sp³-hybridized carbons (Fsp3) is 0.158. The Labute approximate surface area is 148 Å². The summed E-state index contributed by atoms with van der Waals surface area (Å²) in [7, 11) is 0. The molecule has 0 unspecified atom stereocenters. The van der Waals surface area contributed by atoms with Gasteiger partial charge in [0, 0.05) is 12.1 Å². The van der Waals surface area contributed by atoms with E-state index in [9.17, 15) is 18.0 Å². The van der Waals surface area contributed by atoms with Gasteiger partial charge in [-0.15, -0.1) is 0 Å². The Hall–Kier alpha value is -3.09. The van der Waals surface area contributed by atoms with Crippen LogP contribution in [-0.2, 0) is 12.7 Å². The molecule has 0 saturated heterocycles. The lowest BCUT2D eigenvalue weighted by Gasteiger charge is -2.09. The lowest BCUT2D eigenvalue weighted by molar-refractivity contribution is -0.137. The molecule has 0 radical (unpaired) electrons. The van der Waals surface area contributed by atoms with Gasteiger partial charge in [-0.25, -0.2) is 0 Å². The van der Waals surface area contributed by atoms with Crippen LogP contribution in [0.4, 0.5) is 13.2 Å². The van der Waals surface area contributed by atoms with Gasteiger partial charge in [-0.3, -0.25) is 9.89 Å². The Morgan fingerprint density at radius 3 is 2.35 bits per heavy atom. The number of rotatable bonds is 4. The number of nitrogens with one attached hydrogen (secondary N) is 2. The van der Waals surface area contributed by atoms with Crippen LogP contribution in [0.1, 0.15) is 27.0 Å². The van der Waals surface area contributed by atoms with Crippen molar-refractivity contribution in [3.8, 4) is 11.3 Å². The van der Waals surface area contributed by atoms with Crippen molar-refractivity contribution in [3.63, 3.8) is 0 Å². The van der Waals surface area contributed by atoms with E-state index in [2.05, 4.69) is 15.5 Å². The molecule has 0 bridgehead atoms. The summed E-state index contributed by atoms with van der Waals surface area (Å²) in [6, 6.07) is 12.3. The average molecular weight is 359 g/mol. The van der Waals surface area contributed by atoms with Crippen LogP contribution in [0, 0.1) is 6.92 Å². The minimum absolute atomic E-state index is 0.121. The van der Waals surface area contributed by atoms with Gasteiger partial charge in [-0.05, 0) is 24.6 Å². The largest absolute Gasteiger partial charge is 0.416 e. The Bertz CT molecular complexity index is 897. The lowest BCUT2D eigenvalue weighted by Crippen LogP contribution is -2.23. The number of hydrogen-bond donors (Lipinski definition) is 2. The molecule has 134 valence electrons. The molecule has 2 N–H and O–H groups in total. The number of H-pyrrole nitrogens is 1. The predicted molar refractivity (Wildman–Crippen MR) is 91.4 cm³/mol. The fourth-order valence-corrected chi connectivity index (χ4v) is 2.49. The van der Waals surface area contributed by atoms with Crippen LogP contribution in [-0.4, -0.2) is 16.1 Å². The Morgan fingerprint density at radius 1 is 1.08 bits per heavy atom. The summed E-state index contributed by atoms with van der Waals surface area (Å²) in [6.45, 7) is 2.09. The number of amides is 1. The molecular formula is C19H16F3N3O. The SMILES string of the molecule is Cc1ccc(-c2[nH]ncc2C(=O)NCc2ccc(C(F)(F)F)cc2)cc1. The second-order valence-electron chi connectivity index (χ2n) is 5.90. The number of alkyl halides is 3. The van der Waals surface area contributed by atoms with Crippen molar-refractivity contribution in [2.45, 2.75) is 19.6 Å². The zero-order chi connectivity index (χ0) is 18.7. The first-order valence-electron chi connectivity index (χ1n) is 7.89. The highest BCUT2D eigenvalue weighted by atomic mass is 19.4. The maximum Gasteiger partial charge on any atom is 0.416 e. The molecule has 0 aliphatic rings. The molecule has 0 saturated carbocycles. The lowest BCUT2D eigenvalue weighted by atomic mass is 10.1. The molecule has 2 aromatic carbocycles. The first-order chi connectivity index (χ1) is 12.3. The number of hydrogen-bond acceptors (Lipinski definition) is 2. The van der Waals surface area contributed by atoms with Gasteiger partial charge in [0.1, 0.15) is 0 Å². The van der Waals surface area contributed by atoms with E-state index in [1.165, 1.54) is 18.3 Å². The normalized spacial score (nSPS) is 11.4. The third-order valence-corrected chi connectivity index (χ3v) is 3.96. The Kier molecular flexibility index (Phi) is 4.79. The van der Waals surface area contributed by atoms with Crippen molar-refractivity contribution < 1.29 is 18.0 Å². The topological polar surface area (TPSA) is 57.8 Å². The summed E-state index contributed by atoms with van der Waals surface area (Å²) in [5.74, 6) is -0.353. The summed E-state index contributed by atoms with van der Waals surface area (Å²) in [5.41, 5.74) is 2.75. The molecular weight excluding hydrogens is 343 g/mol. The van der Waals surface area contributed by atoms with Crippen LogP contribution >= 0.6 is 0 Å². The van der Waals surface area contributed by atoms with Crippen LogP contribution in [0.2, 0.25) is 0 Å². The second kappa shape index (κ2) is 7.03. The van der Waals surface area contributed by atoms with E-state index in [4.69, 9.17) is 0 Å². The molecule has 1 aromatic heterocycles. The van der Waals surface area contributed by atoms with E-state index in [1.807, 2.05) is 31.2 Å². The number of aryl methyl sites for hydroxylation is 1. The van der Waals surface area contributed by atoms with Crippen molar-refractivity contribution >= 4 is 5.91 Å². The maximum absolute atomic E-state index is 12.6. The summed E-state index contributed by atoms with van der Waals surface area (Å²) in [4.78, 5) is 12.4. The minimum Gasteiger partial charge on any atom is -0.348 e. The number of aromatic amines is 1. The van der Waals surface area contributed by atoms with Crippen LogP contribution in [0.5, 0.6) is 0 Å². The van der Waals surface area contributed by atoms with E-state index in [-0.39, 0.29) is 12.5 Å². The second-order valence-corrected chi connectivity index (χ2v) is 5.90. The van der Waals surface area contributed by atoms with Crippen LogP contribution in [0.15, 0.2) is 54.7 Å². The van der Waals surface area contributed by atoms with Crippen molar-refractivity contribution in [1.82, 2.24) is 15.5 Å². The van der Waals surface area contributed by atoms with E-state index >= 15 is 0 Å². The van der Waals surface area contributed by atoms with E-state index in [0.717, 1.165) is 23.3 Å². The number of carbonyl (C=O) groups excluding carboxylic acids is 1.